The number of nitrogens with one attached hydrogen (secondary N) is 1. The molecule has 0 saturated heterocycles. The van der Waals surface area contributed by atoms with Crippen molar-refractivity contribution in [3.05, 3.63) is 24.0 Å². The zero-order valence-electron chi connectivity index (χ0n) is 10.2. The van der Waals surface area contributed by atoms with Crippen LogP contribution in [-0.2, 0) is 16.6 Å². The SMILES string of the molecule is CCC(C)CNS(=O)(=O)c1cccnc1CN. The molecule has 0 spiro atoms. The van der Waals surface area contributed by atoms with Gasteiger partial charge in [0.1, 0.15) is 4.90 Å². The fraction of sp³-hybridized carbons (Fsp3) is 0.545. The normalized spacial score (nSPS) is 13.6. The van der Waals surface area contributed by atoms with Crippen molar-refractivity contribution in [2.75, 3.05) is 6.54 Å². The second-order valence-corrected chi connectivity index (χ2v) is 5.75. The van der Waals surface area contributed by atoms with Crippen LogP contribution in [-0.4, -0.2) is 19.9 Å². The molecular weight excluding hydrogens is 238 g/mol. The zero-order chi connectivity index (χ0) is 12.9. The Hall–Kier alpha value is -0.980. The summed E-state index contributed by atoms with van der Waals surface area (Å²) in [5.41, 5.74) is 5.87. The van der Waals surface area contributed by atoms with E-state index in [0.29, 0.717) is 18.2 Å². The lowest BCUT2D eigenvalue weighted by Gasteiger charge is -2.12. The fourth-order valence-electron chi connectivity index (χ4n) is 1.30. The monoisotopic (exact) mass is 257 g/mol. The van der Waals surface area contributed by atoms with Crippen LogP contribution in [0.3, 0.4) is 0 Å². The summed E-state index contributed by atoms with van der Waals surface area (Å²) in [6.45, 7) is 4.56. The summed E-state index contributed by atoms with van der Waals surface area (Å²) < 4.78 is 26.6. The van der Waals surface area contributed by atoms with Crippen LogP contribution in [0.2, 0.25) is 0 Å². The van der Waals surface area contributed by atoms with Gasteiger partial charge in [-0.2, -0.15) is 0 Å². The molecule has 1 atom stereocenters. The van der Waals surface area contributed by atoms with E-state index in [2.05, 4.69) is 9.71 Å². The van der Waals surface area contributed by atoms with Crippen LogP contribution in [0.1, 0.15) is 26.0 Å². The maximum absolute atomic E-state index is 12.0. The number of rotatable bonds is 6. The second-order valence-electron chi connectivity index (χ2n) is 4.02. The second kappa shape index (κ2) is 6.09. The highest BCUT2D eigenvalue weighted by Crippen LogP contribution is 2.12. The van der Waals surface area contributed by atoms with Crippen molar-refractivity contribution < 1.29 is 8.42 Å². The Balaban J connectivity index is 2.89. The molecule has 0 aliphatic heterocycles. The summed E-state index contributed by atoms with van der Waals surface area (Å²) >= 11 is 0. The van der Waals surface area contributed by atoms with E-state index < -0.39 is 10.0 Å². The minimum Gasteiger partial charge on any atom is -0.325 e. The van der Waals surface area contributed by atoms with Gasteiger partial charge in [0.2, 0.25) is 10.0 Å². The molecule has 17 heavy (non-hydrogen) atoms. The van der Waals surface area contributed by atoms with E-state index in [1.165, 1.54) is 12.3 Å². The van der Waals surface area contributed by atoms with Crippen LogP contribution in [0.15, 0.2) is 23.2 Å². The van der Waals surface area contributed by atoms with E-state index in [9.17, 15) is 8.42 Å². The van der Waals surface area contributed by atoms with Gasteiger partial charge in [-0.15, -0.1) is 0 Å². The molecular formula is C11H19N3O2S. The summed E-state index contributed by atoms with van der Waals surface area (Å²) in [5, 5.41) is 0. The Morgan fingerprint density at radius 2 is 2.24 bits per heavy atom. The van der Waals surface area contributed by atoms with Crippen LogP contribution in [0.4, 0.5) is 0 Å². The quantitative estimate of drug-likeness (QED) is 0.791. The summed E-state index contributed by atoms with van der Waals surface area (Å²) in [5.74, 6) is 0.308. The molecule has 0 amide bonds. The minimum atomic E-state index is -3.50. The topological polar surface area (TPSA) is 85.1 Å². The van der Waals surface area contributed by atoms with Crippen molar-refractivity contribution in [2.24, 2.45) is 11.7 Å². The minimum absolute atomic E-state index is 0.112. The molecule has 1 aromatic rings. The largest absolute Gasteiger partial charge is 0.325 e. The number of hydrogen-bond acceptors (Lipinski definition) is 4. The third kappa shape index (κ3) is 3.76. The first kappa shape index (κ1) is 14.1. The third-order valence-corrected chi connectivity index (χ3v) is 4.15. The number of hydrogen-bond donors (Lipinski definition) is 2. The maximum atomic E-state index is 12.0. The lowest BCUT2D eigenvalue weighted by Crippen LogP contribution is -2.29. The summed E-state index contributed by atoms with van der Waals surface area (Å²) in [4.78, 5) is 4.14. The molecule has 3 N–H and O–H groups in total. The predicted octanol–water partition coefficient (Wildman–Crippen LogP) is 0.865. The molecule has 0 saturated carbocycles. The number of nitrogens with zero attached hydrogens (tertiary/aromatic N) is 1. The van der Waals surface area contributed by atoms with Gasteiger partial charge in [0, 0.05) is 19.3 Å². The molecule has 96 valence electrons. The van der Waals surface area contributed by atoms with Gasteiger partial charge in [-0.05, 0) is 18.1 Å². The lowest BCUT2D eigenvalue weighted by molar-refractivity contribution is 0.527. The fourth-order valence-corrected chi connectivity index (χ4v) is 2.66. The number of pyridine rings is 1. The van der Waals surface area contributed by atoms with E-state index in [-0.39, 0.29) is 11.4 Å². The van der Waals surface area contributed by atoms with Gasteiger partial charge in [0.05, 0.1) is 5.69 Å². The molecule has 0 fully saturated rings. The van der Waals surface area contributed by atoms with Gasteiger partial charge >= 0.3 is 0 Å². The Morgan fingerprint density at radius 3 is 2.82 bits per heavy atom. The van der Waals surface area contributed by atoms with Crippen molar-refractivity contribution in [3.63, 3.8) is 0 Å². The van der Waals surface area contributed by atoms with E-state index in [0.717, 1.165) is 6.42 Å². The number of aromatic nitrogens is 1. The third-order valence-electron chi connectivity index (χ3n) is 2.65. The molecule has 1 unspecified atom stereocenters. The van der Waals surface area contributed by atoms with E-state index >= 15 is 0 Å². The Morgan fingerprint density at radius 1 is 1.53 bits per heavy atom. The molecule has 0 bridgehead atoms. The van der Waals surface area contributed by atoms with Gasteiger partial charge in [-0.25, -0.2) is 13.1 Å². The summed E-state index contributed by atoms with van der Waals surface area (Å²) in [6, 6.07) is 3.12. The first-order chi connectivity index (χ1) is 8.01. The van der Waals surface area contributed by atoms with Crippen molar-refractivity contribution in [3.8, 4) is 0 Å². The van der Waals surface area contributed by atoms with Crippen LogP contribution in [0.25, 0.3) is 0 Å². The number of sulfonamides is 1. The molecule has 1 aromatic heterocycles. The predicted molar refractivity (Wildman–Crippen MR) is 66.8 cm³/mol. The van der Waals surface area contributed by atoms with Crippen LogP contribution >= 0.6 is 0 Å². The van der Waals surface area contributed by atoms with Gasteiger partial charge in [-0.1, -0.05) is 20.3 Å². The Labute approximate surface area is 102 Å². The van der Waals surface area contributed by atoms with Crippen molar-refractivity contribution in [1.29, 1.82) is 0 Å². The highest BCUT2D eigenvalue weighted by atomic mass is 32.2. The standard InChI is InChI=1S/C11H19N3O2S/c1-3-9(2)8-14-17(15,16)11-5-4-6-13-10(11)7-12/h4-6,9,14H,3,7-8,12H2,1-2H3. The zero-order valence-corrected chi connectivity index (χ0v) is 11.0. The molecule has 5 nitrogen and oxygen atoms in total. The highest BCUT2D eigenvalue weighted by Gasteiger charge is 2.18. The van der Waals surface area contributed by atoms with Gasteiger partial charge in [-0.3, -0.25) is 4.98 Å². The molecule has 6 heteroatoms. The van der Waals surface area contributed by atoms with Gasteiger partial charge in [0.25, 0.3) is 0 Å². The van der Waals surface area contributed by atoms with Crippen molar-refractivity contribution in [1.82, 2.24) is 9.71 Å². The molecule has 1 rings (SSSR count). The summed E-state index contributed by atoms with van der Waals surface area (Å²) in [6.07, 6.45) is 2.47. The molecule has 0 radical (unpaired) electrons. The van der Waals surface area contributed by atoms with E-state index in [4.69, 9.17) is 5.73 Å². The summed E-state index contributed by atoms with van der Waals surface area (Å²) in [7, 11) is -3.50. The number of nitrogens with two attached hydrogens (primary N) is 1. The van der Waals surface area contributed by atoms with E-state index in [1.807, 2.05) is 13.8 Å². The van der Waals surface area contributed by atoms with Crippen molar-refractivity contribution in [2.45, 2.75) is 31.7 Å². The molecule has 0 aliphatic carbocycles. The van der Waals surface area contributed by atoms with Gasteiger partial charge < -0.3 is 5.73 Å². The first-order valence-corrected chi connectivity index (χ1v) is 7.13. The van der Waals surface area contributed by atoms with Gasteiger partial charge in [0.15, 0.2) is 0 Å². The average molecular weight is 257 g/mol. The van der Waals surface area contributed by atoms with Crippen LogP contribution < -0.4 is 10.5 Å². The maximum Gasteiger partial charge on any atom is 0.242 e. The van der Waals surface area contributed by atoms with Crippen LogP contribution in [0.5, 0.6) is 0 Å². The lowest BCUT2D eigenvalue weighted by atomic mass is 10.1. The average Bonchev–Trinajstić information content (AvgIpc) is 2.35. The van der Waals surface area contributed by atoms with E-state index in [1.54, 1.807) is 6.07 Å². The molecule has 0 aliphatic rings. The highest BCUT2D eigenvalue weighted by molar-refractivity contribution is 7.89. The first-order valence-electron chi connectivity index (χ1n) is 5.65. The Bertz CT molecular complexity index is 460. The Kier molecular flexibility index (Phi) is 5.04. The molecule has 0 aromatic carbocycles. The smallest absolute Gasteiger partial charge is 0.242 e. The molecule has 1 heterocycles. The van der Waals surface area contributed by atoms with Crippen LogP contribution in [0, 0.1) is 5.92 Å². The van der Waals surface area contributed by atoms with Crippen molar-refractivity contribution >= 4 is 10.0 Å².